The van der Waals surface area contributed by atoms with Gasteiger partial charge in [0.25, 0.3) is 0 Å². The number of nitrogens with zero attached hydrogens (tertiary/aromatic N) is 2. The van der Waals surface area contributed by atoms with E-state index in [0.29, 0.717) is 11.3 Å². The van der Waals surface area contributed by atoms with Crippen LogP contribution in [0.4, 0.5) is 13.2 Å². The van der Waals surface area contributed by atoms with Crippen molar-refractivity contribution >= 4 is 20.9 Å². The molecule has 0 amide bonds. The maximum Gasteiger partial charge on any atom is 0.418 e. The fourth-order valence-electron chi connectivity index (χ4n) is 3.15. The summed E-state index contributed by atoms with van der Waals surface area (Å²) in [5, 5.41) is 0. The fraction of sp³-hybridized carbons (Fsp3) is 0.0909. The van der Waals surface area contributed by atoms with E-state index in [4.69, 9.17) is 0 Å². The Hall–Kier alpha value is -3.26. The Morgan fingerprint density at radius 2 is 1.50 bits per heavy atom. The second-order valence-electron chi connectivity index (χ2n) is 6.80. The van der Waals surface area contributed by atoms with Crippen LogP contribution in [0.25, 0.3) is 33.4 Å². The molecule has 0 aliphatic carbocycles. The number of rotatable bonds is 3. The van der Waals surface area contributed by atoms with Gasteiger partial charge in [0, 0.05) is 11.8 Å². The van der Waals surface area contributed by atoms with Gasteiger partial charge in [-0.1, -0.05) is 42.5 Å². The molecule has 0 unspecified atom stereocenters. The highest BCUT2D eigenvalue weighted by Crippen LogP contribution is 2.34. The van der Waals surface area contributed by atoms with Crippen molar-refractivity contribution in [2.24, 2.45) is 0 Å². The van der Waals surface area contributed by atoms with E-state index < -0.39 is 21.6 Å². The smallest absolute Gasteiger partial charge is 0.252 e. The lowest BCUT2D eigenvalue weighted by molar-refractivity contribution is -0.136. The minimum Gasteiger partial charge on any atom is -0.252 e. The Morgan fingerprint density at radius 1 is 0.833 bits per heavy atom. The lowest BCUT2D eigenvalue weighted by Gasteiger charge is -2.10. The highest BCUT2D eigenvalue weighted by atomic mass is 32.2. The number of benzene rings is 3. The molecule has 4 rings (SSSR count). The van der Waals surface area contributed by atoms with Gasteiger partial charge in [-0.25, -0.2) is 13.4 Å². The fourth-order valence-corrected chi connectivity index (χ4v) is 3.82. The third kappa shape index (κ3) is 3.91. The van der Waals surface area contributed by atoms with E-state index in [9.17, 15) is 21.6 Å². The molecule has 0 saturated carbocycles. The van der Waals surface area contributed by atoms with Crippen LogP contribution >= 0.6 is 0 Å². The number of hydrogen-bond donors (Lipinski definition) is 0. The highest BCUT2D eigenvalue weighted by Gasteiger charge is 2.33. The summed E-state index contributed by atoms with van der Waals surface area (Å²) in [5.74, 6) is 0. The number of para-hydroxylation sites is 1. The van der Waals surface area contributed by atoms with Gasteiger partial charge in [-0.2, -0.15) is 13.2 Å². The molecule has 152 valence electrons. The lowest BCUT2D eigenvalue weighted by atomic mass is 10.0. The van der Waals surface area contributed by atoms with Crippen molar-refractivity contribution in [3.05, 3.63) is 78.5 Å². The van der Waals surface area contributed by atoms with E-state index in [1.165, 1.54) is 24.4 Å². The summed E-state index contributed by atoms with van der Waals surface area (Å²) < 4.78 is 63.0. The van der Waals surface area contributed by atoms with Gasteiger partial charge in [0.15, 0.2) is 9.84 Å². The number of halogens is 3. The van der Waals surface area contributed by atoms with Gasteiger partial charge >= 0.3 is 6.18 Å². The Bertz CT molecular complexity index is 1350. The Morgan fingerprint density at radius 3 is 2.17 bits per heavy atom. The number of aromatic nitrogens is 2. The summed E-state index contributed by atoms with van der Waals surface area (Å²) in [6.45, 7) is 0. The molecule has 8 heteroatoms. The second-order valence-corrected chi connectivity index (χ2v) is 8.82. The predicted molar refractivity (Wildman–Crippen MR) is 109 cm³/mol. The quantitative estimate of drug-likeness (QED) is 0.439. The zero-order valence-corrected chi connectivity index (χ0v) is 16.5. The molecule has 0 spiro atoms. The second kappa shape index (κ2) is 7.21. The molecule has 0 radical (unpaired) electrons. The Labute approximate surface area is 171 Å². The van der Waals surface area contributed by atoms with E-state index in [0.717, 1.165) is 23.4 Å². The number of alkyl halides is 3. The topological polar surface area (TPSA) is 59.9 Å². The van der Waals surface area contributed by atoms with Gasteiger partial charge < -0.3 is 0 Å². The van der Waals surface area contributed by atoms with Crippen molar-refractivity contribution in [1.82, 2.24) is 9.97 Å². The third-order valence-electron chi connectivity index (χ3n) is 4.65. The van der Waals surface area contributed by atoms with Gasteiger partial charge in [0.2, 0.25) is 0 Å². The predicted octanol–water partition coefficient (Wildman–Crippen LogP) is 5.39. The van der Waals surface area contributed by atoms with E-state index in [-0.39, 0.29) is 15.9 Å². The lowest BCUT2D eigenvalue weighted by Crippen LogP contribution is -2.07. The molecule has 4 nitrogen and oxygen atoms in total. The van der Waals surface area contributed by atoms with Crippen molar-refractivity contribution in [2.75, 3.05) is 6.26 Å². The first kappa shape index (κ1) is 20.0. The Balaban J connectivity index is 1.71. The first-order valence-corrected chi connectivity index (χ1v) is 10.8. The minimum atomic E-state index is -4.50. The molecule has 0 saturated heterocycles. The van der Waals surface area contributed by atoms with Crippen LogP contribution in [0.15, 0.2) is 77.8 Å². The number of fused-ring (bicyclic) bond motifs is 1. The van der Waals surface area contributed by atoms with Gasteiger partial charge in [-0.05, 0) is 35.4 Å². The van der Waals surface area contributed by atoms with Crippen molar-refractivity contribution in [3.8, 4) is 22.4 Å². The van der Waals surface area contributed by atoms with Gasteiger partial charge in [-0.15, -0.1) is 0 Å². The van der Waals surface area contributed by atoms with Gasteiger partial charge in [0.05, 0.1) is 27.9 Å². The molecule has 0 aliphatic heterocycles. The van der Waals surface area contributed by atoms with Crippen LogP contribution in [0.2, 0.25) is 0 Å². The maximum atomic E-state index is 13.1. The van der Waals surface area contributed by atoms with E-state index in [2.05, 4.69) is 9.97 Å². The number of sulfone groups is 1. The molecule has 0 atom stereocenters. The zero-order valence-electron chi connectivity index (χ0n) is 15.7. The van der Waals surface area contributed by atoms with Gasteiger partial charge in [-0.3, -0.25) is 4.98 Å². The summed E-state index contributed by atoms with van der Waals surface area (Å²) in [6, 6.07) is 17.5. The van der Waals surface area contributed by atoms with Crippen molar-refractivity contribution < 1.29 is 21.6 Å². The summed E-state index contributed by atoms with van der Waals surface area (Å²) in [6.07, 6.45) is -2.04. The molecule has 0 aliphatic rings. The van der Waals surface area contributed by atoms with Crippen LogP contribution in [-0.4, -0.2) is 24.6 Å². The van der Waals surface area contributed by atoms with Crippen LogP contribution in [0.5, 0.6) is 0 Å². The molecule has 0 fully saturated rings. The van der Waals surface area contributed by atoms with Crippen molar-refractivity contribution in [2.45, 2.75) is 11.1 Å². The van der Waals surface area contributed by atoms with Crippen LogP contribution in [0, 0.1) is 0 Å². The largest absolute Gasteiger partial charge is 0.418 e. The molecule has 1 heterocycles. The molecular formula is C22H15F3N2O2S. The van der Waals surface area contributed by atoms with Crippen LogP contribution in [0.3, 0.4) is 0 Å². The minimum absolute atomic E-state index is 0.159. The molecule has 3 aromatic carbocycles. The monoisotopic (exact) mass is 428 g/mol. The third-order valence-corrected chi connectivity index (χ3v) is 5.76. The van der Waals surface area contributed by atoms with Gasteiger partial charge in [0.1, 0.15) is 5.52 Å². The first-order valence-electron chi connectivity index (χ1n) is 8.87. The average molecular weight is 428 g/mol. The molecule has 0 N–H and O–H groups in total. The standard InChI is InChI=1S/C22H15F3N2O2S/c1-30(28,29)17-5-2-4-16(12-17)14-8-10-15(11-9-14)20-13-26-21-18(22(23,24)25)6-3-7-19(21)27-20/h2-13H,1H3. The maximum absolute atomic E-state index is 13.1. The zero-order chi connectivity index (χ0) is 21.5. The average Bonchev–Trinajstić information content (AvgIpc) is 2.72. The van der Waals surface area contributed by atoms with Crippen LogP contribution in [0.1, 0.15) is 5.56 Å². The van der Waals surface area contributed by atoms with E-state index >= 15 is 0 Å². The van der Waals surface area contributed by atoms with Crippen LogP contribution < -0.4 is 0 Å². The van der Waals surface area contributed by atoms with E-state index in [1.807, 2.05) is 0 Å². The normalized spacial score (nSPS) is 12.3. The SMILES string of the molecule is CS(=O)(=O)c1cccc(-c2ccc(-c3cnc4c(C(F)(F)F)cccc4n3)cc2)c1. The summed E-state index contributed by atoms with van der Waals surface area (Å²) >= 11 is 0. The molecule has 4 aromatic rings. The summed E-state index contributed by atoms with van der Waals surface area (Å²) in [7, 11) is -3.32. The molecule has 30 heavy (non-hydrogen) atoms. The summed E-state index contributed by atoms with van der Waals surface area (Å²) in [4.78, 5) is 8.55. The molecule has 0 bridgehead atoms. The molecular weight excluding hydrogens is 413 g/mol. The first-order chi connectivity index (χ1) is 14.1. The Kier molecular flexibility index (Phi) is 4.82. The van der Waals surface area contributed by atoms with E-state index in [1.54, 1.807) is 42.5 Å². The number of hydrogen-bond acceptors (Lipinski definition) is 4. The summed E-state index contributed by atoms with van der Waals surface area (Å²) in [5.41, 5.74) is 1.82. The van der Waals surface area contributed by atoms with Crippen LogP contribution in [-0.2, 0) is 16.0 Å². The molecule has 1 aromatic heterocycles. The van der Waals surface area contributed by atoms with Crippen molar-refractivity contribution in [1.29, 1.82) is 0 Å². The highest BCUT2D eigenvalue weighted by molar-refractivity contribution is 7.90. The van der Waals surface area contributed by atoms with Crippen molar-refractivity contribution in [3.63, 3.8) is 0 Å².